The molecule has 0 aliphatic carbocycles. The van der Waals surface area contributed by atoms with Gasteiger partial charge in [-0.1, -0.05) is 85.3 Å². The normalized spacial score (nSPS) is 10.8. The summed E-state index contributed by atoms with van der Waals surface area (Å²) in [4.78, 5) is 32.1. The number of carbonyl (C=O) groups is 2. The second-order valence-corrected chi connectivity index (χ2v) is 9.35. The second-order valence-electron chi connectivity index (χ2n) is 9.35. The van der Waals surface area contributed by atoms with Crippen LogP contribution >= 0.6 is 0 Å². The van der Waals surface area contributed by atoms with Crippen molar-refractivity contribution in [1.29, 1.82) is 0 Å². The number of rotatable bonds is 11. The van der Waals surface area contributed by atoms with Gasteiger partial charge < -0.3 is 10.0 Å². The average Bonchev–Trinajstić information content (AvgIpc) is 2.90. The Labute approximate surface area is 218 Å². The van der Waals surface area contributed by atoms with Crippen LogP contribution in [0, 0.1) is 6.92 Å². The molecule has 1 N–H and O–H groups in total. The lowest BCUT2D eigenvalue weighted by Gasteiger charge is -2.25. The Kier molecular flexibility index (Phi) is 8.47. The van der Waals surface area contributed by atoms with E-state index in [0.717, 1.165) is 41.0 Å². The van der Waals surface area contributed by atoms with Crippen molar-refractivity contribution in [3.8, 4) is 11.3 Å². The van der Waals surface area contributed by atoms with Crippen LogP contribution in [0.5, 0.6) is 0 Å². The first kappa shape index (κ1) is 25.8. The molecule has 0 saturated heterocycles. The highest BCUT2D eigenvalue weighted by atomic mass is 16.4. The second kappa shape index (κ2) is 12.1. The number of anilines is 1. The van der Waals surface area contributed by atoms with Crippen LogP contribution in [0.1, 0.15) is 46.0 Å². The van der Waals surface area contributed by atoms with E-state index in [2.05, 4.69) is 24.0 Å². The molecule has 0 saturated carbocycles. The third-order valence-electron chi connectivity index (χ3n) is 6.26. The Morgan fingerprint density at radius 1 is 0.811 bits per heavy atom. The Hall–Kier alpha value is -4.25. The van der Waals surface area contributed by atoms with Crippen LogP contribution in [0.4, 0.5) is 5.82 Å². The third-order valence-corrected chi connectivity index (χ3v) is 6.26. The number of aromatic nitrogens is 1. The number of ketones is 1. The Morgan fingerprint density at radius 2 is 1.49 bits per heavy atom. The first-order valence-electron chi connectivity index (χ1n) is 12.6. The molecule has 0 amide bonds. The molecule has 4 rings (SSSR count). The summed E-state index contributed by atoms with van der Waals surface area (Å²) in [5.74, 6) is -0.167. The van der Waals surface area contributed by atoms with Crippen molar-refractivity contribution in [2.45, 2.75) is 39.7 Å². The van der Waals surface area contributed by atoms with Crippen LogP contribution in [-0.2, 0) is 24.2 Å². The van der Waals surface area contributed by atoms with Crippen LogP contribution in [-0.4, -0.2) is 28.4 Å². The van der Waals surface area contributed by atoms with Gasteiger partial charge in [-0.25, -0.2) is 9.78 Å². The number of benzene rings is 3. The van der Waals surface area contributed by atoms with Gasteiger partial charge in [0.1, 0.15) is 11.6 Å². The fraction of sp³-hybridized carbons (Fsp3) is 0.219. The fourth-order valence-electron chi connectivity index (χ4n) is 4.44. The lowest BCUT2D eigenvalue weighted by atomic mass is 9.99. The van der Waals surface area contributed by atoms with Crippen molar-refractivity contribution in [3.63, 3.8) is 0 Å². The average molecular weight is 493 g/mol. The molecule has 0 radical (unpaired) electrons. The van der Waals surface area contributed by atoms with E-state index < -0.39 is 5.97 Å². The highest BCUT2D eigenvalue weighted by Gasteiger charge is 2.17. The van der Waals surface area contributed by atoms with E-state index in [1.165, 1.54) is 0 Å². The molecule has 0 aliphatic heterocycles. The van der Waals surface area contributed by atoms with Crippen LogP contribution in [0.3, 0.4) is 0 Å². The van der Waals surface area contributed by atoms with Crippen LogP contribution in [0.2, 0.25) is 0 Å². The van der Waals surface area contributed by atoms with Crippen LogP contribution < -0.4 is 4.90 Å². The smallest absolute Gasteiger partial charge is 0.336 e. The van der Waals surface area contributed by atoms with E-state index in [1.807, 2.05) is 67.6 Å². The summed E-state index contributed by atoms with van der Waals surface area (Å²) in [6.07, 6.45) is 1.52. The summed E-state index contributed by atoms with van der Waals surface area (Å²) in [5, 5.41) is 9.79. The zero-order valence-corrected chi connectivity index (χ0v) is 21.4. The highest BCUT2D eigenvalue weighted by molar-refractivity contribution is 5.95. The number of carbonyl (C=O) groups excluding carboxylic acids is 1. The lowest BCUT2D eigenvalue weighted by molar-refractivity contribution is -0.117. The summed E-state index contributed by atoms with van der Waals surface area (Å²) >= 11 is 0. The van der Waals surface area contributed by atoms with Gasteiger partial charge in [-0.15, -0.1) is 0 Å². The van der Waals surface area contributed by atoms with E-state index in [-0.39, 0.29) is 17.8 Å². The molecule has 3 aromatic carbocycles. The standard InChI is InChI=1S/C32H32N2O3/c1-3-17-34(22-25-9-5-4-6-10-25)31-21-26(19-27(35)18-24-15-13-23(2)14-16-24)20-30(33-31)28-11-7-8-12-29(28)32(36)37/h4-16,20-21H,3,17-19,22H2,1-2H3,(H,36,37). The molecule has 188 valence electrons. The number of nitrogens with zero attached hydrogens (tertiary/aromatic N) is 2. The van der Waals surface area contributed by atoms with Crippen molar-refractivity contribution < 1.29 is 14.7 Å². The third kappa shape index (κ3) is 6.91. The van der Waals surface area contributed by atoms with Gasteiger partial charge in [-0.3, -0.25) is 4.79 Å². The molecule has 5 nitrogen and oxygen atoms in total. The van der Waals surface area contributed by atoms with Gasteiger partial charge in [0, 0.05) is 31.5 Å². The fourth-order valence-corrected chi connectivity index (χ4v) is 4.44. The SMILES string of the molecule is CCCN(Cc1ccccc1)c1cc(CC(=O)Cc2ccc(C)cc2)cc(-c2ccccc2C(=O)O)n1. The topological polar surface area (TPSA) is 70.5 Å². The van der Waals surface area contributed by atoms with Gasteiger partial charge in [-0.05, 0) is 48.2 Å². The number of carboxylic acid groups (broad SMARTS) is 1. The van der Waals surface area contributed by atoms with Crippen molar-refractivity contribution in [2.75, 3.05) is 11.4 Å². The van der Waals surface area contributed by atoms with Crippen molar-refractivity contribution in [1.82, 2.24) is 4.98 Å². The lowest BCUT2D eigenvalue weighted by Crippen LogP contribution is -2.25. The predicted octanol–water partition coefficient (Wildman–Crippen LogP) is 6.53. The molecule has 0 unspecified atom stereocenters. The molecular weight excluding hydrogens is 460 g/mol. The monoisotopic (exact) mass is 492 g/mol. The minimum absolute atomic E-state index is 0.101. The van der Waals surface area contributed by atoms with Crippen molar-refractivity contribution >= 4 is 17.6 Å². The largest absolute Gasteiger partial charge is 0.478 e. The first-order valence-corrected chi connectivity index (χ1v) is 12.6. The summed E-state index contributed by atoms with van der Waals surface area (Å²) in [6, 6.07) is 28.9. The van der Waals surface area contributed by atoms with E-state index in [0.29, 0.717) is 24.2 Å². The quantitative estimate of drug-likeness (QED) is 0.258. The molecule has 5 heteroatoms. The maximum Gasteiger partial charge on any atom is 0.336 e. The molecule has 4 aromatic rings. The Bertz CT molecular complexity index is 1360. The molecule has 1 aromatic heterocycles. The number of aryl methyl sites for hydroxylation is 1. The molecular formula is C32H32N2O3. The zero-order valence-electron chi connectivity index (χ0n) is 21.4. The Morgan fingerprint density at radius 3 is 2.19 bits per heavy atom. The predicted molar refractivity (Wildman–Crippen MR) is 148 cm³/mol. The molecule has 0 bridgehead atoms. The van der Waals surface area contributed by atoms with Crippen LogP contribution in [0.15, 0.2) is 91.0 Å². The zero-order chi connectivity index (χ0) is 26.2. The number of pyridine rings is 1. The molecule has 0 fully saturated rings. The van der Waals surface area contributed by atoms with Gasteiger partial charge in [0.05, 0.1) is 11.3 Å². The molecule has 37 heavy (non-hydrogen) atoms. The van der Waals surface area contributed by atoms with E-state index >= 15 is 0 Å². The first-order chi connectivity index (χ1) is 17.9. The van der Waals surface area contributed by atoms with Gasteiger partial charge in [0.25, 0.3) is 0 Å². The number of hydrogen-bond acceptors (Lipinski definition) is 4. The van der Waals surface area contributed by atoms with Gasteiger partial charge in [-0.2, -0.15) is 0 Å². The Balaban J connectivity index is 1.72. The van der Waals surface area contributed by atoms with E-state index in [1.54, 1.807) is 18.2 Å². The maximum absolute atomic E-state index is 13.1. The minimum Gasteiger partial charge on any atom is -0.478 e. The summed E-state index contributed by atoms with van der Waals surface area (Å²) in [7, 11) is 0. The summed E-state index contributed by atoms with van der Waals surface area (Å²) < 4.78 is 0. The maximum atomic E-state index is 13.1. The van der Waals surface area contributed by atoms with Crippen molar-refractivity contribution in [3.05, 3.63) is 119 Å². The molecule has 1 heterocycles. The molecule has 0 atom stereocenters. The number of hydrogen-bond donors (Lipinski definition) is 1. The summed E-state index contributed by atoms with van der Waals surface area (Å²) in [6.45, 7) is 5.59. The highest BCUT2D eigenvalue weighted by Crippen LogP contribution is 2.28. The number of aromatic carboxylic acids is 1. The number of Topliss-reactive ketones (excluding diaryl/α,β-unsaturated/α-hetero) is 1. The van der Waals surface area contributed by atoms with E-state index in [9.17, 15) is 14.7 Å². The van der Waals surface area contributed by atoms with Crippen LogP contribution in [0.25, 0.3) is 11.3 Å². The van der Waals surface area contributed by atoms with Gasteiger partial charge in [0.2, 0.25) is 0 Å². The number of carboxylic acids is 1. The van der Waals surface area contributed by atoms with Crippen molar-refractivity contribution in [2.24, 2.45) is 0 Å². The van der Waals surface area contributed by atoms with Gasteiger partial charge in [0.15, 0.2) is 0 Å². The van der Waals surface area contributed by atoms with Gasteiger partial charge >= 0.3 is 5.97 Å². The van der Waals surface area contributed by atoms with E-state index in [4.69, 9.17) is 4.98 Å². The minimum atomic E-state index is -1.01. The molecule has 0 spiro atoms. The summed E-state index contributed by atoms with van der Waals surface area (Å²) in [5.41, 5.74) is 5.42. The molecule has 0 aliphatic rings.